The average molecular weight is 387 g/mol. The molecule has 0 aromatic heterocycles. The second-order valence-electron chi connectivity index (χ2n) is 10.5. The Morgan fingerprint density at radius 2 is 1.70 bits per heavy atom. The van der Waals surface area contributed by atoms with Crippen molar-refractivity contribution in [2.24, 2.45) is 17.3 Å². The molecule has 3 heteroatoms. The molecule has 0 amide bonds. The van der Waals surface area contributed by atoms with E-state index < -0.39 is 0 Å². The molecule has 0 spiro atoms. The molecule has 1 aromatic carbocycles. The van der Waals surface area contributed by atoms with Gasteiger partial charge in [-0.15, -0.1) is 0 Å². The van der Waals surface area contributed by atoms with Crippen LogP contribution >= 0.6 is 11.6 Å². The minimum absolute atomic E-state index is 0.447. The Hall–Kier alpha value is -0.570. The van der Waals surface area contributed by atoms with E-state index in [9.17, 15) is 0 Å². The summed E-state index contributed by atoms with van der Waals surface area (Å²) < 4.78 is 0. The number of benzene rings is 1. The molecule has 5 fully saturated rings. The van der Waals surface area contributed by atoms with Crippen LogP contribution in [0.25, 0.3) is 0 Å². The summed E-state index contributed by atoms with van der Waals surface area (Å²) >= 11 is 6.19. The first-order valence-corrected chi connectivity index (χ1v) is 11.6. The predicted octanol–water partition coefficient (Wildman–Crippen LogP) is 5.25. The smallest absolute Gasteiger partial charge is 0.0406 e. The molecule has 4 aliphatic carbocycles. The van der Waals surface area contributed by atoms with Crippen LogP contribution in [0.1, 0.15) is 63.4 Å². The van der Waals surface area contributed by atoms with Crippen LogP contribution in [0.2, 0.25) is 5.02 Å². The lowest BCUT2D eigenvalue weighted by atomic mass is 9.42. The van der Waals surface area contributed by atoms with E-state index >= 15 is 0 Å². The molecule has 1 aromatic rings. The summed E-state index contributed by atoms with van der Waals surface area (Å²) in [7, 11) is 2.25. The van der Waals surface area contributed by atoms with Crippen LogP contribution < -0.4 is 5.32 Å². The third-order valence-electron chi connectivity index (χ3n) is 8.45. The largest absolute Gasteiger partial charge is 0.314 e. The summed E-state index contributed by atoms with van der Waals surface area (Å²) in [6, 6.07) is 9.65. The van der Waals surface area contributed by atoms with Crippen molar-refractivity contribution >= 4 is 11.6 Å². The highest BCUT2D eigenvalue weighted by molar-refractivity contribution is 6.30. The summed E-state index contributed by atoms with van der Waals surface area (Å²) in [5, 5.41) is 4.81. The lowest BCUT2D eigenvalue weighted by Crippen LogP contribution is -2.54. The fraction of sp³-hybridized carbons (Fsp3) is 0.750. The van der Waals surface area contributed by atoms with Crippen LogP contribution in [0.3, 0.4) is 0 Å². The van der Waals surface area contributed by atoms with Crippen molar-refractivity contribution in [3.05, 3.63) is 34.9 Å². The van der Waals surface area contributed by atoms with Crippen molar-refractivity contribution in [2.45, 2.75) is 69.2 Å². The van der Waals surface area contributed by atoms with Gasteiger partial charge in [-0.3, -0.25) is 0 Å². The molecule has 4 saturated carbocycles. The van der Waals surface area contributed by atoms with Gasteiger partial charge in [0.2, 0.25) is 0 Å². The summed E-state index contributed by atoms with van der Waals surface area (Å²) in [5.74, 6) is 1.93. The van der Waals surface area contributed by atoms with Gasteiger partial charge < -0.3 is 10.2 Å². The second-order valence-corrected chi connectivity index (χ2v) is 11.0. The van der Waals surface area contributed by atoms with Gasteiger partial charge in [0.05, 0.1) is 0 Å². The van der Waals surface area contributed by atoms with E-state index in [1.165, 1.54) is 77.4 Å². The molecule has 6 rings (SSSR count). The topological polar surface area (TPSA) is 15.3 Å². The number of nitrogens with one attached hydrogen (secondary N) is 1. The quantitative estimate of drug-likeness (QED) is 0.743. The molecule has 1 heterocycles. The molecule has 2 atom stereocenters. The highest BCUT2D eigenvalue weighted by Gasteiger charge is 2.57. The maximum absolute atomic E-state index is 6.19. The van der Waals surface area contributed by atoms with Gasteiger partial charge >= 0.3 is 0 Å². The van der Waals surface area contributed by atoms with Crippen LogP contribution in [-0.4, -0.2) is 37.6 Å². The number of hydrogen-bond acceptors (Lipinski definition) is 2. The maximum atomic E-state index is 6.19. The molecule has 1 N–H and O–H groups in total. The zero-order chi connectivity index (χ0) is 18.5. The zero-order valence-corrected chi connectivity index (χ0v) is 17.6. The first kappa shape index (κ1) is 18.5. The number of likely N-dealkylation sites (tertiary alicyclic amines) is 1. The van der Waals surface area contributed by atoms with Gasteiger partial charge in [0.15, 0.2) is 0 Å². The Kier molecular flexibility index (Phi) is 4.81. The molecular weight excluding hydrogens is 352 g/mol. The minimum atomic E-state index is 0.447. The lowest BCUT2D eigenvalue weighted by Gasteiger charge is -2.63. The van der Waals surface area contributed by atoms with Crippen molar-refractivity contribution < 1.29 is 0 Å². The van der Waals surface area contributed by atoms with E-state index in [2.05, 4.69) is 41.5 Å². The lowest BCUT2D eigenvalue weighted by molar-refractivity contribution is -0.0760. The first-order chi connectivity index (χ1) is 13.0. The molecule has 1 aliphatic heterocycles. The van der Waals surface area contributed by atoms with Crippen molar-refractivity contribution in [1.82, 2.24) is 10.2 Å². The predicted molar refractivity (Wildman–Crippen MR) is 113 cm³/mol. The van der Waals surface area contributed by atoms with Crippen molar-refractivity contribution in [3.63, 3.8) is 0 Å². The van der Waals surface area contributed by atoms with E-state index in [4.69, 9.17) is 11.6 Å². The second kappa shape index (κ2) is 7.04. The molecule has 0 radical (unpaired) electrons. The fourth-order valence-electron chi connectivity index (χ4n) is 7.64. The highest BCUT2D eigenvalue weighted by atomic mass is 35.5. The van der Waals surface area contributed by atoms with Crippen molar-refractivity contribution in [2.75, 3.05) is 26.7 Å². The molecule has 2 unspecified atom stereocenters. The number of rotatable bonds is 5. The van der Waals surface area contributed by atoms with Crippen molar-refractivity contribution in [1.29, 1.82) is 0 Å². The third-order valence-corrected chi connectivity index (χ3v) is 8.70. The number of piperidine rings is 1. The van der Waals surface area contributed by atoms with Gasteiger partial charge in [-0.05, 0) is 125 Å². The van der Waals surface area contributed by atoms with E-state index in [-0.39, 0.29) is 0 Å². The molecule has 5 aliphatic rings. The Labute approximate surface area is 170 Å². The molecule has 1 saturated heterocycles. The molecule has 4 bridgehead atoms. The summed E-state index contributed by atoms with van der Waals surface area (Å²) in [6.07, 6.45) is 12.8. The highest BCUT2D eigenvalue weighted by Crippen LogP contribution is 2.66. The third kappa shape index (κ3) is 3.58. The van der Waals surface area contributed by atoms with E-state index in [0.717, 1.165) is 22.9 Å². The maximum Gasteiger partial charge on any atom is 0.0406 e. The number of hydrogen-bond donors (Lipinski definition) is 1. The average Bonchev–Trinajstić information content (AvgIpc) is 2.63. The standard InChI is InChI=1S/C24H35ClN2/c1-27-10-6-22(7-11-27)26-9-8-23-13-18-12-19(14-23)16-24(15-18,17-23)20-2-4-21(25)5-3-20/h2-5,18-19,22,26H,6-17H2,1H3. The van der Waals surface area contributed by atoms with Crippen molar-refractivity contribution in [3.8, 4) is 0 Å². The van der Waals surface area contributed by atoms with Crippen LogP contribution in [-0.2, 0) is 5.41 Å². The monoisotopic (exact) mass is 386 g/mol. The minimum Gasteiger partial charge on any atom is -0.314 e. The van der Waals surface area contributed by atoms with Crippen LogP contribution in [0, 0.1) is 17.3 Å². The summed E-state index contributed by atoms with van der Waals surface area (Å²) in [6.45, 7) is 3.74. The summed E-state index contributed by atoms with van der Waals surface area (Å²) in [4.78, 5) is 2.47. The Morgan fingerprint density at radius 1 is 1.04 bits per heavy atom. The van der Waals surface area contributed by atoms with E-state index in [1.54, 1.807) is 5.56 Å². The van der Waals surface area contributed by atoms with E-state index in [1.807, 2.05) is 0 Å². The van der Waals surface area contributed by atoms with Gasteiger partial charge in [-0.2, -0.15) is 0 Å². The summed E-state index contributed by atoms with van der Waals surface area (Å²) in [5.41, 5.74) is 2.62. The SMILES string of the molecule is CN1CCC(NCCC23CC4CC(C2)CC(c2ccc(Cl)cc2)(C4)C3)CC1. The van der Waals surface area contributed by atoms with Crippen LogP contribution in [0.5, 0.6) is 0 Å². The normalized spacial score (nSPS) is 39.2. The first-order valence-electron chi connectivity index (χ1n) is 11.2. The fourth-order valence-corrected chi connectivity index (χ4v) is 7.77. The van der Waals surface area contributed by atoms with Gasteiger partial charge in [0.25, 0.3) is 0 Å². The number of nitrogens with zero attached hydrogens (tertiary/aromatic N) is 1. The number of halogens is 1. The van der Waals surface area contributed by atoms with Crippen LogP contribution in [0.15, 0.2) is 24.3 Å². The Bertz CT molecular complexity index is 647. The van der Waals surface area contributed by atoms with Gasteiger partial charge in [-0.25, -0.2) is 0 Å². The van der Waals surface area contributed by atoms with Gasteiger partial charge in [0.1, 0.15) is 0 Å². The molecule has 148 valence electrons. The molecular formula is C24H35ClN2. The zero-order valence-electron chi connectivity index (χ0n) is 16.9. The van der Waals surface area contributed by atoms with Crippen LogP contribution in [0.4, 0.5) is 0 Å². The van der Waals surface area contributed by atoms with E-state index in [0.29, 0.717) is 10.8 Å². The Morgan fingerprint density at radius 3 is 2.37 bits per heavy atom. The van der Waals surface area contributed by atoms with Gasteiger partial charge in [-0.1, -0.05) is 23.7 Å². The van der Waals surface area contributed by atoms with Gasteiger partial charge in [0, 0.05) is 11.1 Å². The Balaban J connectivity index is 1.28. The molecule has 2 nitrogen and oxygen atoms in total. The molecule has 27 heavy (non-hydrogen) atoms.